The van der Waals surface area contributed by atoms with Crippen molar-refractivity contribution in [2.45, 2.75) is 22.9 Å². The minimum Gasteiger partial charge on any atom is -0.326 e. The van der Waals surface area contributed by atoms with Crippen molar-refractivity contribution >= 4 is 29.3 Å². The molecule has 5 nitrogen and oxygen atoms in total. The SMILES string of the molecule is CSc1nc2[nH]c3c(c(=O)n2n1)SCCC3. The van der Waals surface area contributed by atoms with E-state index in [4.69, 9.17) is 0 Å². The Kier molecular flexibility index (Phi) is 2.44. The number of aryl methyl sites for hydroxylation is 1. The topological polar surface area (TPSA) is 63.0 Å². The Bertz CT molecular complexity index is 603. The van der Waals surface area contributed by atoms with Gasteiger partial charge in [0.2, 0.25) is 10.9 Å². The first-order chi connectivity index (χ1) is 7.79. The highest BCUT2D eigenvalue weighted by atomic mass is 32.2. The zero-order chi connectivity index (χ0) is 11.1. The largest absolute Gasteiger partial charge is 0.326 e. The lowest BCUT2D eigenvalue weighted by molar-refractivity contribution is 0.773. The highest BCUT2D eigenvalue weighted by Gasteiger charge is 2.18. The van der Waals surface area contributed by atoms with Gasteiger partial charge in [0.1, 0.15) is 0 Å². The highest BCUT2D eigenvalue weighted by Crippen LogP contribution is 2.25. The van der Waals surface area contributed by atoms with Gasteiger partial charge in [0, 0.05) is 5.69 Å². The molecule has 7 heteroatoms. The van der Waals surface area contributed by atoms with Crippen molar-refractivity contribution in [2.24, 2.45) is 0 Å². The van der Waals surface area contributed by atoms with E-state index in [0.29, 0.717) is 10.9 Å². The summed E-state index contributed by atoms with van der Waals surface area (Å²) in [4.78, 5) is 20.4. The van der Waals surface area contributed by atoms with E-state index in [0.717, 1.165) is 29.2 Å². The molecule has 16 heavy (non-hydrogen) atoms. The predicted molar refractivity (Wildman–Crippen MR) is 64.4 cm³/mol. The Morgan fingerprint density at radius 1 is 1.56 bits per heavy atom. The van der Waals surface area contributed by atoms with Crippen LogP contribution < -0.4 is 5.56 Å². The van der Waals surface area contributed by atoms with Gasteiger partial charge in [0.25, 0.3) is 5.56 Å². The zero-order valence-corrected chi connectivity index (χ0v) is 10.3. The van der Waals surface area contributed by atoms with Crippen molar-refractivity contribution < 1.29 is 0 Å². The van der Waals surface area contributed by atoms with Gasteiger partial charge in [-0.2, -0.15) is 9.50 Å². The molecule has 3 rings (SSSR count). The second kappa shape index (κ2) is 3.81. The van der Waals surface area contributed by atoms with E-state index in [9.17, 15) is 4.79 Å². The third-order valence-corrected chi connectivity index (χ3v) is 4.25. The van der Waals surface area contributed by atoms with Crippen LogP contribution in [0.4, 0.5) is 0 Å². The third-order valence-electron chi connectivity index (χ3n) is 2.51. The Hall–Kier alpha value is -0.950. The molecule has 0 atom stereocenters. The van der Waals surface area contributed by atoms with Crippen molar-refractivity contribution in [3.05, 3.63) is 16.0 Å². The molecular weight excluding hydrogens is 244 g/mol. The molecule has 0 unspecified atom stereocenters. The monoisotopic (exact) mass is 254 g/mol. The van der Waals surface area contributed by atoms with Crippen LogP contribution in [0.25, 0.3) is 5.78 Å². The average molecular weight is 254 g/mol. The highest BCUT2D eigenvalue weighted by molar-refractivity contribution is 7.99. The standard InChI is InChI=1S/C9H10N4OS2/c1-15-9-11-8-10-5-3-2-4-16-6(5)7(14)13(8)12-9/h2-4H2,1H3,(H,10,11,12). The van der Waals surface area contributed by atoms with Crippen molar-refractivity contribution in [2.75, 3.05) is 12.0 Å². The molecule has 0 bridgehead atoms. The van der Waals surface area contributed by atoms with Gasteiger partial charge in [0.05, 0.1) is 4.90 Å². The molecule has 0 radical (unpaired) electrons. The van der Waals surface area contributed by atoms with Crippen LogP contribution >= 0.6 is 23.5 Å². The number of nitrogens with zero attached hydrogens (tertiary/aromatic N) is 3. The Labute approximate surface area is 100 Å². The van der Waals surface area contributed by atoms with Gasteiger partial charge < -0.3 is 4.98 Å². The Balaban J connectivity index is 2.32. The zero-order valence-electron chi connectivity index (χ0n) is 8.69. The average Bonchev–Trinajstić information content (AvgIpc) is 2.73. The van der Waals surface area contributed by atoms with Gasteiger partial charge >= 0.3 is 0 Å². The number of aromatic nitrogens is 4. The van der Waals surface area contributed by atoms with Crippen LogP contribution in [0.3, 0.4) is 0 Å². The van der Waals surface area contributed by atoms with Crippen molar-refractivity contribution in [1.29, 1.82) is 0 Å². The number of thioether (sulfide) groups is 2. The normalized spacial score (nSPS) is 15.3. The van der Waals surface area contributed by atoms with E-state index in [1.807, 2.05) is 6.26 Å². The molecule has 0 saturated carbocycles. The van der Waals surface area contributed by atoms with E-state index < -0.39 is 0 Å². The fourth-order valence-corrected chi connectivity index (χ4v) is 3.14. The van der Waals surface area contributed by atoms with Crippen LogP contribution in [0.2, 0.25) is 0 Å². The van der Waals surface area contributed by atoms with Crippen LogP contribution in [0.1, 0.15) is 12.1 Å². The molecular formula is C9H10N4OS2. The minimum absolute atomic E-state index is 0.0405. The Morgan fingerprint density at radius 2 is 2.44 bits per heavy atom. The van der Waals surface area contributed by atoms with Gasteiger partial charge in [-0.05, 0) is 24.9 Å². The summed E-state index contributed by atoms with van der Waals surface area (Å²) >= 11 is 3.04. The fraction of sp³-hybridized carbons (Fsp3) is 0.444. The summed E-state index contributed by atoms with van der Waals surface area (Å²) in [6, 6.07) is 0. The van der Waals surface area contributed by atoms with Gasteiger partial charge in [-0.25, -0.2) is 0 Å². The van der Waals surface area contributed by atoms with Gasteiger partial charge in [-0.1, -0.05) is 11.8 Å². The molecule has 0 aliphatic carbocycles. The summed E-state index contributed by atoms with van der Waals surface area (Å²) < 4.78 is 1.36. The summed E-state index contributed by atoms with van der Waals surface area (Å²) in [6.07, 6.45) is 3.93. The van der Waals surface area contributed by atoms with E-state index >= 15 is 0 Å². The second-order valence-corrected chi connectivity index (χ2v) is 5.40. The molecule has 1 aliphatic rings. The van der Waals surface area contributed by atoms with E-state index in [1.54, 1.807) is 11.8 Å². The van der Waals surface area contributed by atoms with Gasteiger partial charge in [-0.15, -0.1) is 16.9 Å². The maximum absolute atomic E-state index is 12.1. The summed E-state index contributed by atoms with van der Waals surface area (Å²) in [5, 5.41) is 4.78. The maximum Gasteiger partial charge on any atom is 0.289 e. The fourth-order valence-electron chi connectivity index (χ4n) is 1.77. The maximum atomic E-state index is 12.1. The molecule has 0 saturated heterocycles. The molecule has 2 aromatic heterocycles. The van der Waals surface area contributed by atoms with Crippen LogP contribution in [-0.4, -0.2) is 31.6 Å². The summed E-state index contributed by atoms with van der Waals surface area (Å²) in [7, 11) is 0. The van der Waals surface area contributed by atoms with Crippen LogP contribution in [0.5, 0.6) is 0 Å². The number of H-pyrrole nitrogens is 1. The lowest BCUT2D eigenvalue weighted by atomic mass is 10.2. The lowest BCUT2D eigenvalue weighted by Crippen LogP contribution is -2.22. The van der Waals surface area contributed by atoms with Crippen LogP contribution in [0.15, 0.2) is 14.8 Å². The van der Waals surface area contributed by atoms with Gasteiger partial charge in [-0.3, -0.25) is 4.79 Å². The number of rotatable bonds is 1. The molecule has 1 aliphatic heterocycles. The number of fused-ring (bicyclic) bond motifs is 2. The molecule has 0 aromatic carbocycles. The number of aromatic amines is 1. The summed E-state index contributed by atoms with van der Waals surface area (Å²) in [5.41, 5.74) is 0.968. The first-order valence-corrected chi connectivity index (χ1v) is 7.19. The first kappa shape index (κ1) is 10.2. The van der Waals surface area contributed by atoms with E-state index in [-0.39, 0.29) is 5.56 Å². The summed E-state index contributed by atoms with van der Waals surface area (Å²) in [6.45, 7) is 0. The molecule has 0 amide bonds. The molecule has 2 aromatic rings. The molecule has 0 fully saturated rings. The van der Waals surface area contributed by atoms with Crippen molar-refractivity contribution in [3.63, 3.8) is 0 Å². The molecule has 0 spiro atoms. The predicted octanol–water partition coefficient (Wildman–Crippen LogP) is 1.18. The smallest absolute Gasteiger partial charge is 0.289 e. The summed E-state index contributed by atoms with van der Waals surface area (Å²) in [5.74, 6) is 1.56. The minimum atomic E-state index is -0.0405. The van der Waals surface area contributed by atoms with Gasteiger partial charge in [0.15, 0.2) is 0 Å². The number of hydrogen-bond acceptors (Lipinski definition) is 5. The lowest BCUT2D eigenvalue weighted by Gasteiger charge is -2.13. The Morgan fingerprint density at radius 3 is 3.25 bits per heavy atom. The van der Waals surface area contributed by atoms with Crippen molar-refractivity contribution in [3.8, 4) is 0 Å². The number of hydrogen-bond donors (Lipinski definition) is 1. The number of nitrogens with one attached hydrogen (secondary N) is 1. The molecule has 1 N–H and O–H groups in total. The van der Waals surface area contributed by atoms with Crippen molar-refractivity contribution in [1.82, 2.24) is 19.6 Å². The van der Waals surface area contributed by atoms with E-state index in [1.165, 1.54) is 16.3 Å². The first-order valence-electron chi connectivity index (χ1n) is 4.98. The van der Waals surface area contributed by atoms with E-state index in [2.05, 4.69) is 15.1 Å². The van der Waals surface area contributed by atoms with Crippen LogP contribution in [-0.2, 0) is 6.42 Å². The quantitative estimate of drug-likeness (QED) is 0.774. The molecule has 3 heterocycles. The molecule has 84 valence electrons. The third kappa shape index (κ3) is 1.46. The second-order valence-electron chi connectivity index (χ2n) is 3.52. The van der Waals surface area contributed by atoms with Crippen LogP contribution in [0, 0.1) is 0 Å².